The van der Waals surface area contributed by atoms with Crippen molar-refractivity contribution in [1.82, 2.24) is 14.4 Å². The van der Waals surface area contributed by atoms with Crippen LogP contribution in [0.25, 0.3) is 5.00 Å². The molecule has 1 atom stereocenters. The number of thiophene rings is 1. The van der Waals surface area contributed by atoms with Crippen molar-refractivity contribution in [1.29, 1.82) is 0 Å². The van der Waals surface area contributed by atoms with Gasteiger partial charge in [0.05, 0.1) is 38.2 Å². The third kappa shape index (κ3) is 4.16. The van der Waals surface area contributed by atoms with E-state index in [0.717, 1.165) is 36.5 Å². The van der Waals surface area contributed by atoms with E-state index >= 15 is 0 Å². The Bertz CT molecular complexity index is 1440. The number of nitrogens with zero attached hydrogens (tertiary/aromatic N) is 3. The lowest BCUT2D eigenvalue weighted by Crippen LogP contribution is -2.38. The van der Waals surface area contributed by atoms with E-state index in [1.807, 2.05) is 64.8 Å². The number of nitrogens with one attached hydrogen (secondary N) is 1. The van der Waals surface area contributed by atoms with Gasteiger partial charge < -0.3 is 29.2 Å². The average Bonchev–Trinajstić information content (AvgIpc) is 3.50. The first-order valence-electron chi connectivity index (χ1n) is 12.4. The van der Waals surface area contributed by atoms with E-state index < -0.39 is 0 Å². The summed E-state index contributed by atoms with van der Waals surface area (Å²) in [6, 6.07) is 19.3. The van der Waals surface area contributed by atoms with E-state index in [2.05, 4.69) is 40.2 Å². The molecule has 8 heteroatoms. The molecule has 2 aliphatic rings. The van der Waals surface area contributed by atoms with Gasteiger partial charge in [-0.2, -0.15) is 0 Å². The van der Waals surface area contributed by atoms with E-state index in [9.17, 15) is 4.79 Å². The van der Waals surface area contributed by atoms with Gasteiger partial charge in [0.1, 0.15) is 16.5 Å². The van der Waals surface area contributed by atoms with E-state index in [1.54, 1.807) is 14.2 Å². The Morgan fingerprint density at radius 1 is 0.973 bits per heavy atom. The number of methoxy groups -OCH3 is 2. The molecule has 37 heavy (non-hydrogen) atoms. The number of hydrogen-bond acceptors (Lipinski definition) is 5. The fourth-order valence-corrected chi connectivity index (χ4v) is 6.87. The van der Waals surface area contributed by atoms with Crippen molar-refractivity contribution in [2.45, 2.75) is 25.6 Å². The molecule has 0 saturated heterocycles. The minimum absolute atomic E-state index is 0.168. The summed E-state index contributed by atoms with van der Waals surface area (Å²) in [6.45, 7) is 2.48. The monoisotopic (exact) mass is 514 g/mol. The van der Waals surface area contributed by atoms with Crippen LogP contribution in [-0.2, 0) is 19.5 Å². The zero-order valence-electron chi connectivity index (χ0n) is 21.2. The van der Waals surface area contributed by atoms with Gasteiger partial charge in [0, 0.05) is 29.7 Å². The molecule has 0 bridgehead atoms. The molecule has 190 valence electrons. The lowest BCUT2D eigenvalue weighted by molar-refractivity contribution is 0.194. The van der Waals surface area contributed by atoms with Crippen LogP contribution < -0.4 is 14.8 Å². The molecule has 0 unspecified atom stereocenters. The number of amides is 2. The van der Waals surface area contributed by atoms with Gasteiger partial charge in [-0.15, -0.1) is 11.3 Å². The quantitative estimate of drug-likeness (QED) is 0.381. The number of hydrogen-bond donors (Lipinski definition) is 1. The molecule has 2 aromatic heterocycles. The zero-order chi connectivity index (χ0) is 25.5. The molecule has 0 fully saturated rings. The van der Waals surface area contributed by atoms with E-state index in [1.165, 1.54) is 21.0 Å². The number of ether oxygens (including phenoxy) is 2. The van der Waals surface area contributed by atoms with Crippen molar-refractivity contribution in [2.75, 3.05) is 33.1 Å². The van der Waals surface area contributed by atoms with E-state index in [-0.39, 0.29) is 12.1 Å². The number of benzene rings is 2. The van der Waals surface area contributed by atoms with Crippen LogP contribution in [0.5, 0.6) is 11.5 Å². The Balaban J connectivity index is 1.49. The van der Waals surface area contributed by atoms with Crippen molar-refractivity contribution >= 4 is 23.1 Å². The van der Waals surface area contributed by atoms with Crippen molar-refractivity contribution in [3.05, 3.63) is 94.1 Å². The number of urea groups is 1. The molecule has 2 amide bonds. The summed E-state index contributed by atoms with van der Waals surface area (Å²) in [7, 11) is 5.45. The van der Waals surface area contributed by atoms with Crippen LogP contribution in [0, 0.1) is 0 Å². The van der Waals surface area contributed by atoms with Crippen molar-refractivity contribution in [3.63, 3.8) is 0 Å². The van der Waals surface area contributed by atoms with Crippen LogP contribution in [0.2, 0.25) is 0 Å². The highest BCUT2D eigenvalue weighted by atomic mass is 32.1. The molecule has 4 aromatic rings. The smallest absolute Gasteiger partial charge is 0.323 e. The fourth-order valence-electron chi connectivity index (χ4n) is 5.42. The molecule has 6 rings (SSSR count). The molecule has 0 aliphatic carbocycles. The summed E-state index contributed by atoms with van der Waals surface area (Å²) in [5.74, 6) is 1.42. The van der Waals surface area contributed by atoms with Gasteiger partial charge in [-0.3, -0.25) is 0 Å². The molecule has 2 aliphatic heterocycles. The minimum atomic E-state index is -0.280. The lowest BCUT2D eigenvalue weighted by atomic mass is 10.00. The number of aromatic nitrogens is 1. The van der Waals surface area contributed by atoms with Crippen LogP contribution in [0.15, 0.2) is 66.9 Å². The molecule has 4 heterocycles. The predicted molar refractivity (Wildman–Crippen MR) is 146 cm³/mol. The maximum atomic E-state index is 14.1. The summed E-state index contributed by atoms with van der Waals surface area (Å²) in [6.07, 6.45) is 3.11. The Labute approximate surface area is 220 Å². The summed E-state index contributed by atoms with van der Waals surface area (Å²) in [5.41, 5.74) is 5.38. The van der Waals surface area contributed by atoms with Crippen molar-refractivity contribution in [2.24, 2.45) is 0 Å². The molecule has 1 N–H and O–H groups in total. The minimum Gasteiger partial charge on any atom is -0.497 e. The van der Waals surface area contributed by atoms with Crippen molar-refractivity contribution in [3.8, 4) is 16.5 Å². The van der Waals surface area contributed by atoms with Gasteiger partial charge >= 0.3 is 6.03 Å². The van der Waals surface area contributed by atoms with E-state index in [4.69, 9.17) is 9.47 Å². The molecule has 7 nitrogen and oxygen atoms in total. The van der Waals surface area contributed by atoms with Crippen LogP contribution >= 0.6 is 11.3 Å². The number of carbonyl (C=O) groups is 1. The normalized spacial score (nSPS) is 16.8. The van der Waals surface area contributed by atoms with Crippen LogP contribution in [0.4, 0.5) is 10.5 Å². The van der Waals surface area contributed by atoms with Gasteiger partial charge in [-0.1, -0.05) is 24.3 Å². The Morgan fingerprint density at radius 2 is 1.78 bits per heavy atom. The number of anilines is 1. The first kappa shape index (κ1) is 23.6. The summed E-state index contributed by atoms with van der Waals surface area (Å²) in [5, 5.41) is 4.35. The zero-order valence-corrected chi connectivity index (χ0v) is 22.0. The molecule has 0 radical (unpaired) electrons. The second kappa shape index (κ2) is 9.61. The van der Waals surface area contributed by atoms with Gasteiger partial charge in [-0.05, 0) is 61.0 Å². The van der Waals surface area contributed by atoms with Crippen LogP contribution in [0.1, 0.15) is 33.3 Å². The number of para-hydroxylation sites is 2. The Morgan fingerprint density at radius 3 is 2.57 bits per heavy atom. The predicted octanol–water partition coefficient (Wildman–Crippen LogP) is 5.68. The maximum Gasteiger partial charge on any atom is 0.323 e. The third-order valence-electron chi connectivity index (χ3n) is 7.30. The Hall–Kier alpha value is -3.75. The lowest BCUT2D eigenvalue weighted by Gasteiger charge is -2.32. The molecule has 2 aromatic carbocycles. The molecular formula is C29H30N4O3S. The first-order chi connectivity index (χ1) is 18.1. The van der Waals surface area contributed by atoms with E-state index in [0.29, 0.717) is 18.0 Å². The Kier molecular flexibility index (Phi) is 6.14. The second-order valence-electron chi connectivity index (χ2n) is 9.51. The average molecular weight is 515 g/mol. The highest BCUT2D eigenvalue weighted by Crippen LogP contribution is 2.44. The highest BCUT2D eigenvalue weighted by molar-refractivity contribution is 7.15. The maximum absolute atomic E-state index is 14.1. The van der Waals surface area contributed by atoms with Crippen LogP contribution in [-0.4, -0.2) is 48.2 Å². The summed E-state index contributed by atoms with van der Waals surface area (Å²) >= 11 is 1.85. The fraction of sp³-hybridized carbons (Fsp3) is 0.276. The second-order valence-corrected chi connectivity index (χ2v) is 10.6. The summed E-state index contributed by atoms with van der Waals surface area (Å²) in [4.78, 5) is 19.8. The number of fused-ring (bicyclic) bond motifs is 5. The third-order valence-corrected chi connectivity index (χ3v) is 8.55. The van der Waals surface area contributed by atoms with Gasteiger partial charge in [0.2, 0.25) is 0 Å². The SMILES string of the molecule is COc1ccc([C@H]2c3cccn3-c3sc4c(c3CN2C(=O)Nc2ccccc2OC)CCN(C)C4)cc1. The summed E-state index contributed by atoms with van der Waals surface area (Å²) < 4.78 is 13.2. The topological polar surface area (TPSA) is 59.0 Å². The van der Waals surface area contributed by atoms with Gasteiger partial charge in [-0.25, -0.2) is 4.79 Å². The molecular weight excluding hydrogens is 484 g/mol. The van der Waals surface area contributed by atoms with Crippen molar-refractivity contribution < 1.29 is 14.3 Å². The number of carbonyl (C=O) groups excluding carboxylic acids is 1. The molecule has 0 spiro atoms. The number of likely N-dealkylation sites (N-methyl/N-ethyl adjacent to an activating group) is 1. The highest BCUT2D eigenvalue weighted by Gasteiger charge is 2.36. The van der Waals surface area contributed by atoms with Gasteiger partial charge in [0.15, 0.2) is 0 Å². The molecule has 0 saturated carbocycles. The van der Waals surface area contributed by atoms with Gasteiger partial charge in [0.25, 0.3) is 0 Å². The standard InChI is InChI=1S/C29H30N4O3S/c1-31-16-14-21-22-17-33(29(34)30-23-7-4-5-9-25(23)36-3)27(19-10-12-20(35-2)13-11-19)24-8-6-15-32(24)28(22)37-26(21)18-31/h4-13,15,27H,14,16-18H2,1-3H3,(H,30,34)/t27-/m0/s1. The largest absolute Gasteiger partial charge is 0.497 e. The first-order valence-corrected chi connectivity index (χ1v) is 13.2. The number of rotatable bonds is 4. The van der Waals surface area contributed by atoms with Crippen LogP contribution in [0.3, 0.4) is 0 Å².